The Morgan fingerprint density at radius 2 is 0.737 bits per heavy atom. The van der Waals surface area contributed by atoms with E-state index >= 15 is 0 Å². The van der Waals surface area contributed by atoms with Crippen LogP contribution in [0.25, 0.3) is 0 Å². The highest BCUT2D eigenvalue weighted by Gasteiger charge is 2.18. The molecule has 0 bridgehead atoms. The molecule has 0 unspecified atom stereocenters. The van der Waals surface area contributed by atoms with Crippen LogP contribution in [0.2, 0.25) is 0 Å². The van der Waals surface area contributed by atoms with Gasteiger partial charge in [-0.3, -0.25) is 14.6 Å². The van der Waals surface area contributed by atoms with Crippen molar-refractivity contribution in [1.82, 2.24) is 4.98 Å². The zero-order valence-electron chi connectivity index (χ0n) is 35.9. The molecule has 0 aliphatic rings. The molecule has 0 radical (unpaired) electrons. The number of nitrogens with zero attached hydrogens (tertiary/aromatic N) is 1. The fourth-order valence-corrected chi connectivity index (χ4v) is 7.00. The minimum absolute atomic E-state index is 0.0348. The van der Waals surface area contributed by atoms with Crippen molar-refractivity contribution in [3.8, 4) is 11.5 Å². The molecule has 3 aromatic rings. The van der Waals surface area contributed by atoms with E-state index in [1.54, 1.807) is 30.5 Å². The van der Waals surface area contributed by atoms with Gasteiger partial charge in [-0.15, -0.1) is 0 Å². The SMILES string of the molecule is CCCCCCCCCCCCCCCC(=O)O.CCCCCCCCCCCCCCCC(=O)O.Oc1ccc(C(c2ccc(O)cc2)c2ccccn2)cc1. The van der Waals surface area contributed by atoms with Gasteiger partial charge < -0.3 is 20.4 Å². The number of benzene rings is 2. The van der Waals surface area contributed by atoms with Crippen LogP contribution in [0.1, 0.15) is 216 Å². The molecule has 0 atom stereocenters. The molecule has 1 heterocycles. The van der Waals surface area contributed by atoms with Crippen molar-refractivity contribution in [2.45, 2.75) is 200 Å². The summed E-state index contributed by atoms with van der Waals surface area (Å²) in [5.41, 5.74) is 3.00. The highest BCUT2D eigenvalue weighted by molar-refractivity contribution is 5.66. The summed E-state index contributed by atoms with van der Waals surface area (Å²) in [5, 5.41) is 35.9. The third-order valence-electron chi connectivity index (χ3n) is 10.4. The van der Waals surface area contributed by atoms with Crippen LogP contribution in [-0.2, 0) is 9.59 Å². The van der Waals surface area contributed by atoms with Gasteiger partial charge >= 0.3 is 11.9 Å². The van der Waals surface area contributed by atoms with Crippen molar-refractivity contribution >= 4 is 11.9 Å². The minimum Gasteiger partial charge on any atom is -0.508 e. The highest BCUT2D eigenvalue weighted by atomic mass is 16.4. The van der Waals surface area contributed by atoms with Crippen molar-refractivity contribution in [1.29, 1.82) is 0 Å². The molecule has 320 valence electrons. The van der Waals surface area contributed by atoms with Gasteiger partial charge in [-0.25, -0.2) is 0 Å². The summed E-state index contributed by atoms with van der Waals surface area (Å²) in [5.74, 6) is -0.864. The van der Waals surface area contributed by atoms with Gasteiger partial charge in [0.1, 0.15) is 11.5 Å². The zero-order valence-corrected chi connectivity index (χ0v) is 35.9. The van der Waals surface area contributed by atoms with E-state index in [4.69, 9.17) is 10.2 Å². The largest absolute Gasteiger partial charge is 0.508 e. The molecule has 7 nitrogen and oxygen atoms in total. The maximum atomic E-state index is 10.3. The van der Waals surface area contributed by atoms with Crippen molar-refractivity contribution in [3.05, 3.63) is 89.7 Å². The number of hydrogen-bond donors (Lipinski definition) is 4. The molecule has 3 rings (SSSR count). The lowest BCUT2D eigenvalue weighted by molar-refractivity contribution is -0.138. The summed E-state index contributed by atoms with van der Waals surface area (Å²) >= 11 is 0. The van der Waals surface area contributed by atoms with E-state index in [0.29, 0.717) is 12.8 Å². The fraction of sp³-hybridized carbons (Fsp3) is 0.620. The number of pyridine rings is 1. The second-order valence-electron chi connectivity index (χ2n) is 15.6. The number of phenols is 2. The molecule has 0 amide bonds. The fourth-order valence-electron chi connectivity index (χ4n) is 7.00. The van der Waals surface area contributed by atoms with Crippen LogP contribution in [0.5, 0.6) is 11.5 Å². The summed E-state index contributed by atoms with van der Waals surface area (Å²) in [4.78, 5) is 25.1. The van der Waals surface area contributed by atoms with Crippen LogP contribution in [0, 0.1) is 0 Å². The van der Waals surface area contributed by atoms with Crippen molar-refractivity contribution in [2.75, 3.05) is 0 Å². The standard InChI is InChI=1S/C18H15NO2.2C16H32O2/c20-15-8-4-13(5-9-15)18(17-3-1-2-12-19-17)14-6-10-16(21)11-7-14;2*1-2-3-4-5-6-7-8-9-10-11-12-13-14-15-16(17)18/h1-12,18,20-21H;2*2-15H2,1H3,(H,17,18). The molecule has 0 aliphatic carbocycles. The van der Waals surface area contributed by atoms with E-state index in [9.17, 15) is 19.8 Å². The number of phenolic OH excluding ortho intramolecular Hbond substituents is 2. The number of carboxylic acids is 2. The van der Waals surface area contributed by atoms with Gasteiger partial charge in [0.2, 0.25) is 0 Å². The summed E-state index contributed by atoms with van der Waals surface area (Å²) in [6.45, 7) is 4.52. The number of aromatic hydroxyl groups is 2. The average molecular weight is 790 g/mol. The van der Waals surface area contributed by atoms with Gasteiger partial charge in [0.25, 0.3) is 0 Å². The lowest BCUT2D eigenvalue weighted by Crippen LogP contribution is -2.05. The smallest absolute Gasteiger partial charge is 0.303 e. The molecule has 0 fully saturated rings. The van der Waals surface area contributed by atoms with Crippen molar-refractivity contribution < 1.29 is 30.0 Å². The van der Waals surface area contributed by atoms with Crippen LogP contribution in [0.4, 0.5) is 0 Å². The number of aromatic nitrogens is 1. The van der Waals surface area contributed by atoms with Crippen LogP contribution in [-0.4, -0.2) is 37.3 Å². The predicted octanol–water partition coefficient (Wildman–Crippen LogP) is 14.8. The monoisotopic (exact) mass is 790 g/mol. The Hall–Kier alpha value is -3.87. The predicted molar refractivity (Wildman–Crippen MR) is 237 cm³/mol. The molecule has 4 N–H and O–H groups in total. The minimum atomic E-state index is -0.655. The third-order valence-corrected chi connectivity index (χ3v) is 10.4. The van der Waals surface area contributed by atoms with E-state index in [-0.39, 0.29) is 17.4 Å². The zero-order chi connectivity index (χ0) is 41.6. The Labute approximate surface area is 346 Å². The summed E-state index contributed by atoms with van der Waals surface area (Å²) in [7, 11) is 0. The summed E-state index contributed by atoms with van der Waals surface area (Å²) in [6.07, 6.45) is 36.3. The molecule has 1 aromatic heterocycles. The Morgan fingerprint density at radius 3 is 1.00 bits per heavy atom. The van der Waals surface area contributed by atoms with Gasteiger partial charge in [-0.2, -0.15) is 0 Å². The lowest BCUT2D eigenvalue weighted by atomic mass is 9.88. The summed E-state index contributed by atoms with van der Waals surface area (Å²) < 4.78 is 0. The topological polar surface area (TPSA) is 128 Å². The Kier molecular flexibility index (Phi) is 32.7. The molecular formula is C50H79NO6. The number of aliphatic carboxylic acids is 2. The second-order valence-corrected chi connectivity index (χ2v) is 15.6. The van der Waals surface area contributed by atoms with Crippen LogP contribution >= 0.6 is 0 Å². The first-order valence-electron chi connectivity index (χ1n) is 22.7. The number of carbonyl (C=O) groups is 2. The average Bonchev–Trinajstić information content (AvgIpc) is 3.21. The molecule has 57 heavy (non-hydrogen) atoms. The van der Waals surface area contributed by atoms with Crippen LogP contribution in [0.3, 0.4) is 0 Å². The van der Waals surface area contributed by atoms with E-state index in [2.05, 4.69) is 18.8 Å². The molecular weight excluding hydrogens is 711 g/mol. The van der Waals surface area contributed by atoms with Crippen LogP contribution in [0.15, 0.2) is 72.9 Å². The van der Waals surface area contributed by atoms with Crippen LogP contribution < -0.4 is 0 Å². The second kappa shape index (κ2) is 36.5. The lowest BCUT2D eigenvalue weighted by Gasteiger charge is -2.18. The highest BCUT2D eigenvalue weighted by Crippen LogP contribution is 2.32. The van der Waals surface area contributed by atoms with E-state index in [1.807, 2.05) is 42.5 Å². The molecule has 0 aliphatic heterocycles. The van der Waals surface area contributed by atoms with Gasteiger partial charge in [0.05, 0.1) is 11.6 Å². The Balaban J connectivity index is 0.000000431. The number of carboxylic acid groups (broad SMARTS) is 2. The van der Waals surface area contributed by atoms with E-state index < -0.39 is 11.9 Å². The molecule has 0 spiro atoms. The maximum absolute atomic E-state index is 10.3. The first kappa shape index (κ1) is 51.1. The van der Waals surface area contributed by atoms with Gasteiger partial charge in [-0.05, 0) is 60.4 Å². The van der Waals surface area contributed by atoms with Gasteiger partial charge in [0, 0.05) is 19.0 Å². The number of rotatable bonds is 31. The van der Waals surface area contributed by atoms with E-state index in [0.717, 1.165) is 42.5 Å². The first-order valence-corrected chi connectivity index (χ1v) is 22.7. The van der Waals surface area contributed by atoms with E-state index in [1.165, 1.54) is 141 Å². The van der Waals surface area contributed by atoms with Crippen molar-refractivity contribution in [3.63, 3.8) is 0 Å². The van der Waals surface area contributed by atoms with Gasteiger partial charge in [-0.1, -0.05) is 198 Å². The van der Waals surface area contributed by atoms with Gasteiger partial charge in [0.15, 0.2) is 0 Å². The third kappa shape index (κ3) is 30.0. The molecule has 2 aromatic carbocycles. The molecule has 0 saturated carbocycles. The van der Waals surface area contributed by atoms with Crippen molar-refractivity contribution in [2.24, 2.45) is 0 Å². The molecule has 0 saturated heterocycles. The Bertz CT molecular complexity index is 1260. The number of unbranched alkanes of at least 4 members (excludes halogenated alkanes) is 24. The number of hydrogen-bond acceptors (Lipinski definition) is 5. The maximum Gasteiger partial charge on any atom is 0.303 e. The summed E-state index contributed by atoms with van der Waals surface area (Å²) in [6, 6.07) is 20.1. The Morgan fingerprint density at radius 1 is 0.439 bits per heavy atom. The normalized spacial score (nSPS) is 10.7. The molecule has 7 heteroatoms. The quantitative estimate of drug-likeness (QED) is 0.0478. The first-order chi connectivity index (χ1) is 27.8.